The van der Waals surface area contributed by atoms with Crippen molar-refractivity contribution in [1.82, 2.24) is 9.97 Å². The third kappa shape index (κ3) is 3.51. The minimum absolute atomic E-state index is 0.475. The van der Waals surface area contributed by atoms with Crippen LogP contribution in [0.5, 0.6) is 0 Å². The lowest BCUT2D eigenvalue weighted by Crippen LogP contribution is -2.23. The Morgan fingerprint density at radius 2 is 1.95 bits per heavy atom. The van der Waals surface area contributed by atoms with Gasteiger partial charge in [0.2, 0.25) is 0 Å². The van der Waals surface area contributed by atoms with E-state index in [-0.39, 0.29) is 0 Å². The van der Waals surface area contributed by atoms with Gasteiger partial charge < -0.3 is 10.0 Å². The molecule has 2 rings (SSSR count). The van der Waals surface area contributed by atoms with Crippen LogP contribution in [0.3, 0.4) is 0 Å². The number of pyridine rings is 2. The summed E-state index contributed by atoms with van der Waals surface area (Å²) in [5.74, 6) is 0.920. The predicted octanol–water partition coefficient (Wildman–Crippen LogP) is 2.56. The van der Waals surface area contributed by atoms with Crippen LogP contribution < -0.4 is 4.90 Å². The van der Waals surface area contributed by atoms with E-state index in [1.165, 1.54) is 5.56 Å². The average Bonchev–Trinajstić information content (AvgIpc) is 2.46. The quantitative estimate of drug-likeness (QED) is 0.894. The van der Waals surface area contributed by atoms with Crippen molar-refractivity contribution in [2.45, 2.75) is 26.5 Å². The minimum Gasteiger partial charge on any atom is -0.389 e. The van der Waals surface area contributed by atoms with E-state index in [0.29, 0.717) is 0 Å². The van der Waals surface area contributed by atoms with Crippen molar-refractivity contribution < 1.29 is 5.11 Å². The van der Waals surface area contributed by atoms with Crippen LogP contribution >= 0.6 is 0 Å². The molecule has 0 bridgehead atoms. The minimum atomic E-state index is -0.475. The molecular weight excluding hydrogens is 238 g/mol. The fourth-order valence-corrected chi connectivity index (χ4v) is 1.90. The summed E-state index contributed by atoms with van der Waals surface area (Å²) in [6, 6.07) is 7.88. The zero-order valence-corrected chi connectivity index (χ0v) is 11.3. The Kier molecular flexibility index (Phi) is 4.47. The molecule has 2 aromatic heterocycles. The summed E-state index contributed by atoms with van der Waals surface area (Å²) in [4.78, 5) is 10.6. The summed E-state index contributed by atoms with van der Waals surface area (Å²) >= 11 is 0. The molecule has 0 aliphatic heterocycles. The SMILES string of the molecule is CCN(Cc1ccncc1)c1ccc([C@H](C)O)cn1. The number of hydrogen-bond donors (Lipinski definition) is 1. The van der Waals surface area contributed by atoms with Gasteiger partial charge in [-0.05, 0) is 43.2 Å². The molecule has 0 amide bonds. The van der Waals surface area contributed by atoms with Crippen LogP contribution in [0.4, 0.5) is 5.82 Å². The number of aliphatic hydroxyl groups excluding tert-OH is 1. The lowest BCUT2D eigenvalue weighted by Gasteiger charge is -2.22. The Bertz CT molecular complexity index is 497. The van der Waals surface area contributed by atoms with Crippen molar-refractivity contribution in [3.63, 3.8) is 0 Å². The lowest BCUT2D eigenvalue weighted by atomic mass is 10.2. The van der Waals surface area contributed by atoms with Crippen LogP contribution in [0, 0.1) is 0 Å². The summed E-state index contributed by atoms with van der Waals surface area (Å²) in [5.41, 5.74) is 2.04. The van der Waals surface area contributed by atoms with Crippen LogP contribution in [0.15, 0.2) is 42.9 Å². The Balaban J connectivity index is 2.13. The van der Waals surface area contributed by atoms with E-state index >= 15 is 0 Å². The van der Waals surface area contributed by atoms with E-state index in [2.05, 4.69) is 21.8 Å². The molecule has 0 aliphatic carbocycles. The highest BCUT2D eigenvalue weighted by Gasteiger charge is 2.08. The van der Waals surface area contributed by atoms with Crippen LogP contribution in [-0.2, 0) is 6.54 Å². The molecule has 0 radical (unpaired) electrons. The Morgan fingerprint density at radius 3 is 2.47 bits per heavy atom. The van der Waals surface area contributed by atoms with Gasteiger partial charge >= 0.3 is 0 Å². The number of aromatic nitrogens is 2. The van der Waals surface area contributed by atoms with Gasteiger partial charge in [0.25, 0.3) is 0 Å². The second-order valence-corrected chi connectivity index (χ2v) is 4.50. The molecule has 2 heterocycles. The molecular formula is C15H19N3O. The third-order valence-electron chi connectivity index (χ3n) is 3.08. The lowest BCUT2D eigenvalue weighted by molar-refractivity contribution is 0.199. The second-order valence-electron chi connectivity index (χ2n) is 4.50. The Hall–Kier alpha value is -1.94. The molecule has 19 heavy (non-hydrogen) atoms. The van der Waals surface area contributed by atoms with Crippen molar-refractivity contribution in [2.75, 3.05) is 11.4 Å². The first-order valence-corrected chi connectivity index (χ1v) is 6.48. The molecule has 4 heteroatoms. The fraction of sp³-hybridized carbons (Fsp3) is 0.333. The first kappa shape index (κ1) is 13.5. The molecule has 2 aromatic rings. The smallest absolute Gasteiger partial charge is 0.128 e. The number of rotatable bonds is 5. The summed E-state index contributed by atoms with van der Waals surface area (Å²) in [5, 5.41) is 9.49. The van der Waals surface area contributed by atoms with Crippen LogP contribution in [-0.4, -0.2) is 21.6 Å². The van der Waals surface area contributed by atoms with Gasteiger partial charge in [0, 0.05) is 31.7 Å². The summed E-state index contributed by atoms with van der Waals surface area (Å²) in [6.45, 7) is 5.53. The largest absolute Gasteiger partial charge is 0.389 e. The van der Waals surface area contributed by atoms with E-state index < -0.39 is 6.10 Å². The molecule has 0 aromatic carbocycles. The van der Waals surface area contributed by atoms with Crippen molar-refractivity contribution in [3.8, 4) is 0 Å². The Morgan fingerprint density at radius 1 is 1.21 bits per heavy atom. The zero-order chi connectivity index (χ0) is 13.7. The van der Waals surface area contributed by atoms with Crippen LogP contribution in [0.25, 0.3) is 0 Å². The Labute approximate surface area is 113 Å². The molecule has 0 saturated heterocycles. The standard InChI is InChI=1S/C15H19N3O/c1-3-18(11-13-6-8-16-9-7-13)15-5-4-14(10-17-15)12(2)19/h4-10,12,19H,3,11H2,1-2H3/t12-/m0/s1. The molecule has 0 fully saturated rings. The van der Waals surface area contributed by atoms with Crippen LogP contribution in [0.1, 0.15) is 31.1 Å². The monoisotopic (exact) mass is 257 g/mol. The maximum absolute atomic E-state index is 9.49. The normalized spacial score (nSPS) is 12.2. The molecule has 0 saturated carbocycles. The molecule has 4 nitrogen and oxygen atoms in total. The van der Waals surface area contributed by atoms with Crippen molar-refractivity contribution in [3.05, 3.63) is 54.0 Å². The number of anilines is 1. The first-order valence-electron chi connectivity index (χ1n) is 6.48. The molecule has 1 N–H and O–H groups in total. The van der Waals surface area contributed by atoms with Crippen molar-refractivity contribution >= 4 is 5.82 Å². The number of hydrogen-bond acceptors (Lipinski definition) is 4. The molecule has 0 unspecified atom stereocenters. The molecule has 100 valence electrons. The average molecular weight is 257 g/mol. The summed E-state index contributed by atoms with van der Waals surface area (Å²) < 4.78 is 0. The predicted molar refractivity (Wildman–Crippen MR) is 75.8 cm³/mol. The molecule has 1 atom stereocenters. The van der Waals surface area contributed by atoms with Gasteiger partial charge in [-0.2, -0.15) is 0 Å². The maximum atomic E-state index is 9.49. The first-order chi connectivity index (χ1) is 9.20. The van der Waals surface area contributed by atoms with Gasteiger partial charge in [0.1, 0.15) is 5.82 Å². The van der Waals surface area contributed by atoms with E-state index in [1.807, 2.05) is 24.3 Å². The van der Waals surface area contributed by atoms with Crippen molar-refractivity contribution in [1.29, 1.82) is 0 Å². The summed E-state index contributed by atoms with van der Waals surface area (Å²) in [7, 11) is 0. The summed E-state index contributed by atoms with van der Waals surface area (Å²) in [6.07, 6.45) is 4.85. The van der Waals surface area contributed by atoms with Gasteiger partial charge in [0.05, 0.1) is 6.10 Å². The number of aliphatic hydroxyl groups is 1. The maximum Gasteiger partial charge on any atom is 0.128 e. The highest BCUT2D eigenvalue weighted by molar-refractivity contribution is 5.40. The second kappa shape index (κ2) is 6.29. The van der Waals surface area contributed by atoms with E-state index in [1.54, 1.807) is 25.5 Å². The number of nitrogens with zero attached hydrogens (tertiary/aromatic N) is 3. The molecule has 0 aliphatic rings. The fourth-order valence-electron chi connectivity index (χ4n) is 1.90. The van der Waals surface area contributed by atoms with Gasteiger partial charge in [-0.15, -0.1) is 0 Å². The van der Waals surface area contributed by atoms with Gasteiger partial charge in [-0.25, -0.2) is 4.98 Å². The van der Waals surface area contributed by atoms with Crippen molar-refractivity contribution in [2.24, 2.45) is 0 Å². The van der Waals surface area contributed by atoms with E-state index in [4.69, 9.17) is 0 Å². The van der Waals surface area contributed by atoms with Gasteiger partial charge in [0.15, 0.2) is 0 Å². The highest BCUT2D eigenvalue weighted by Crippen LogP contribution is 2.17. The van der Waals surface area contributed by atoms with Crippen LogP contribution in [0.2, 0.25) is 0 Å². The van der Waals surface area contributed by atoms with E-state index in [0.717, 1.165) is 24.5 Å². The highest BCUT2D eigenvalue weighted by atomic mass is 16.3. The van der Waals surface area contributed by atoms with Gasteiger partial charge in [-0.1, -0.05) is 6.07 Å². The molecule has 0 spiro atoms. The zero-order valence-electron chi connectivity index (χ0n) is 11.3. The topological polar surface area (TPSA) is 49.2 Å². The third-order valence-corrected chi connectivity index (χ3v) is 3.08. The van der Waals surface area contributed by atoms with Gasteiger partial charge in [-0.3, -0.25) is 4.98 Å². The van der Waals surface area contributed by atoms with E-state index in [9.17, 15) is 5.11 Å².